The molecule has 0 saturated carbocycles. The largest absolute Gasteiger partial charge is 0.455 e. The third-order valence-electron chi connectivity index (χ3n) is 2.52. The van der Waals surface area contributed by atoms with Crippen molar-refractivity contribution in [2.75, 3.05) is 0 Å². The molecule has 0 saturated heterocycles. The van der Waals surface area contributed by atoms with E-state index in [4.69, 9.17) is 10.2 Å². The maximum atomic E-state index is 10.8. The first-order chi connectivity index (χ1) is 7.63. The number of nitrogens with two attached hydrogens (primary N) is 1. The Kier molecular flexibility index (Phi) is 5.05. The molecule has 0 radical (unpaired) electrons. The molecule has 0 aromatic carbocycles. The smallest absolute Gasteiger partial charge is 0.284 e. The van der Waals surface area contributed by atoms with Crippen molar-refractivity contribution in [1.82, 2.24) is 5.32 Å². The lowest BCUT2D eigenvalue weighted by atomic mass is 10.1. The molecular formula is C12H20N2O2. The molecule has 16 heavy (non-hydrogen) atoms. The molecule has 0 aliphatic rings. The molecule has 0 bridgehead atoms. The van der Waals surface area contributed by atoms with Crippen molar-refractivity contribution >= 4 is 5.91 Å². The zero-order valence-corrected chi connectivity index (χ0v) is 9.95. The predicted molar refractivity (Wildman–Crippen MR) is 63.1 cm³/mol. The number of furan rings is 1. The van der Waals surface area contributed by atoms with Gasteiger partial charge in [0.05, 0.1) is 6.54 Å². The van der Waals surface area contributed by atoms with Gasteiger partial charge in [-0.15, -0.1) is 0 Å². The van der Waals surface area contributed by atoms with Gasteiger partial charge >= 0.3 is 0 Å². The van der Waals surface area contributed by atoms with Crippen molar-refractivity contribution in [1.29, 1.82) is 0 Å². The third-order valence-corrected chi connectivity index (χ3v) is 2.52. The zero-order chi connectivity index (χ0) is 12.0. The van der Waals surface area contributed by atoms with E-state index in [1.807, 2.05) is 0 Å². The second-order valence-electron chi connectivity index (χ2n) is 4.05. The molecule has 1 heterocycles. The van der Waals surface area contributed by atoms with Gasteiger partial charge in [-0.2, -0.15) is 0 Å². The normalized spacial score (nSPS) is 12.6. The van der Waals surface area contributed by atoms with E-state index >= 15 is 0 Å². The molecule has 0 aliphatic heterocycles. The van der Waals surface area contributed by atoms with Crippen molar-refractivity contribution in [2.45, 2.75) is 45.7 Å². The Morgan fingerprint density at radius 2 is 2.31 bits per heavy atom. The Balaban J connectivity index is 2.33. The lowest BCUT2D eigenvalue weighted by Gasteiger charge is -2.11. The highest BCUT2D eigenvalue weighted by Crippen LogP contribution is 2.08. The number of carbonyl (C=O) groups is 1. The van der Waals surface area contributed by atoms with Gasteiger partial charge in [0.1, 0.15) is 5.76 Å². The predicted octanol–water partition coefficient (Wildman–Crippen LogP) is 2.05. The average Bonchev–Trinajstić information content (AvgIpc) is 2.72. The Morgan fingerprint density at radius 3 is 2.88 bits per heavy atom. The fourth-order valence-electron chi connectivity index (χ4n) is 1.49. The molecule has 1 aromatic rings. The van der Waals surface area contributed by atoms with Crippen LogP contribution in [0.5, 0.6) is 0 Å². The molecule has 0 spiro atoms. The first-order valence-corrected chi connectivity index (χ1v) is 5.75. The minimum absolute atomic E-state index is 0.220. The van der Waals surface area contributed by atoms with E-state index < -0.39 is 5.91 Å². The van der Waals surface area contributed by atoms with Gasteiger partial charge in [0.2, 0.25) is 0 Å². The second kappa shape index (κ2) is 6.33. The highest BCUT2D eigenvalue weighted by molar-refractivity contribution is 5.89. The van der Waals surface area contributed by atoms with E-state index in [9.17, 15) is 4.79 Å². The lowest BCUT2D eigenvalue weighted by Crippen LogP contribution is -2.25. The molecule has 0 fully saturated rings. The topological polar surface area (TPSA) is 68.3 Å². The number of rotatable bonds is 7. The van der Waals surface area contributed by atoms with Crippen LogP contribution in [0.25, 0.3) is 0 Å². The highest BCUT2D eigenvalue weighted by Gasteiger charge is 2.07. The van der Waals surface area contributed by atoms with Crippen molar-refractivity contribution in [3.05, 3.63) is 23.7 Å². The summed E-state index contributed by atoms with van der Waals surface area (Å²) >= 11 is 0. The number of hydrogen-bond donors (Lipinski definition) is 2. The monoisotopic (exact) mass is 224 g/mol. The van der Waals surface area contributed by atoms with Gasteiger partial charge < -0.3 is 15.5 Å². The first-order valence-electron chi connectivity index (χ1n) is 5.75. The quantitative estimate of drug-likeness (QED) is 0.744. The van der Waals surface area contributed by atoms with Gasteiger partial charge in [0.15, 0.2) is 5.76 Å². The van der Waals surface area contributed by atoms with E-state index in [1.165, 1.54) is 12.8 Å². The molecule has 4 heteroatoms. The molecular weight excluding hydrogens is 204 g/mol. The van der Waals surface area contributed by atoms with Crippen LogP contribution in [-0.4, -0.2) is 11.9 Å². The lowest BCUT2D eigenvalue weighted by molar-refractivity contribution is 0.0972. The number of hydrogen-bond acceptors (Lipinski definition) is 3. The van der Waals surface area contributed by atoms with Gasteiger partial charge in [0, 0.05) is 6.04 Å². The van der Waals surface area contributed by atoms with E-state index in [0.717, 1.165) is 12.2 Å². The number of unbranched alkanes of at least 4 members (excludes halogenated alkanes) is 1. The molecule has 90 valence electrons. The summed E-state index contributed by atoms with van der Waals surface area (Å²) in [7, 11) is 0. The SMILES string of the molecule is CCCCC(C)NCc1ccc(C(N)=O)o1. The van der Waals surface area contributed by atoms with Crippen LogP contribution in [0.4, 0.5) is 0 Å². The van der Waals surface area contributed by atoms with Crippen LogP contribution >= 0.6 is 0 Å². The number of nitrogens with one attached hydrogen (secondary N) is 1. The number of primary amides is 1. The Morgan fingerprint density at radius 1 is 1.56 bits per heavy atom. The minimum atomic E-state index is -0.523. The van der Waals surface area contributed by atoms with E-state index in [-0.39, 0.29) is 5.76 Å². The molecule has 3 N–H and O–H groups in total. The van der Waals surface area contributed by atoms with Crippen molar-refractivity contribution in [3.63, 3.8) is 0 Å². The third kappa shape index (κ3) is 4.06. The molecule has 0 aliphatic carbocycles. The molecule has 4 nitrogen and oxygen atoms in total. The number of amides is 1. The fraction of sp³-hybridized carbons (Fsp3) is 0.583. The number of carbonyl (C=O) groups excluding carboxylic acids is 1. The molecule has 1 amide bonds. The second-order valence-corrected chi connectivity index (χ2v) is 4.05. The van der Waals surface area contributed by atoms with Crippen LogP contribution < -0.4 is 11.1 Å². The summed E-state index contributed by atoms with van der Waals surface area (Å²) in [6.45, 7) is 4.96. The van der Waals surface area contributed by atoms with Crippen LogP contribution in [0.15, 0.2) is 16.5 Å². The van der Waals surface area contributed by atoms with Crippen molar-refractivity contribution in [3.8, 4) is 0 Å². The Bertz CT molecular complexity index is 334. The van der Waals surface area contributed by atoms with Gasteiger partial charge in [-0.1, -0.05) is 19.8 Å². The van der Waals surface area contributed by atoms with Crippen LogP contribution in [0.2, 0.25) is 0 Å². The maximum absolute atomic E-state index is 10.8. The van der Waals surface area contributed by atoms with E-state index in [0.29, 0.717) is 12.6 Å². The van der Waals surface area contributed by atoms with Gasteiger partial charge in [0.25, 0.3) is 5.91 Å². The van der Waals surface area contributed by atoms with Gasteiger partial charge in [-0.3, -0.25) is 4.79 Å². The summed E-state index contributed by atoms with van der Waals surface area (Å²) in [4.78, 5) is 10.8. The summed E-state index contributed by atoms with van der Waals surface area (Å²) in [5.74, 6) is 0.445. The Labute approximate surface area is 96.2 Å². The van der Waals surface area contributed by atoms with Crippen LogP contribution in [0.3, 0.4) is 0 Å². The molecule has 1 rings (SSSR count). The zero-order valence-electron chi connectivity index (χ0n) is 9.95. The Hall–Kier alpha value is -1.29. The first kappa shape index (κ1) is 12.8. The summed E-state index contributed by atoms with van der Waals surface area (Å²) in [6, 6.07) is 3.84. The van der Waals surface area contributed by atoms with Crippen molar-refractivity contribution < 1.29 is 9.21 Å². The van der Waals surface area contributed by atoms with Gasteiger partial charge in [-0.05, 0) is 25.5 Å². The van der Waals surface area contributed by atoms with E-state index in [2.05, 4.69) is 19.2 Å². The standard InChI is InChI=1S/C12H20N2O2/c1-3-4-5-9(2)14-8-10-6-7-11(16-10)12(13)15/h6-7,9,14H,3-5,8H2,1-2H3,(H2,13,15). The van der Waals surface area contributed by atoms with E-state index in [1.54, 1.807) is 12.1 Å². The molecule has 1 atom stereocenters. The van der Waals surface area contributed by atoms with Crippen molar-refractivity contribution in [2.24, 2.45) is 5.73 Å². The summed E-state index contributed by atoms with van der Waals surface area (Å²) in [6.07, 6.45) is 3.58. The minimum Gasteiger partial charge on any atom is -0.455 e. The van der Waals surface area contributed by atoms with Crippen LogP contribution in [-0.2, 0) is 6.54 Å². The van der Waals surface area contributed by atoms with Crippen LogP contribution in [0, 0.1) is 0 Å². The molecule has 1 unspecified atom stereocenters. The average molecular weight is 224 g/mol. The van der Waals surface area contributed by atoms with Gasteiger partial charge in [-0.25, -0.2) is 0 Å². The summed E-state index contributed by atoms with van der Waals surface area (Å²) in [5, 5.41) is 3.34. The summed E-state index contributed by atoms with van der Waals surface area (Å²) in [5.41, 5.74) is 5.10. The van der Waals surface area contributed by atoms with Crippen LogP contribution in [0.1, 0.15) is 49.4 Å². The molecule has 1 aromatic heterocycles. The summed E-state index contributed by atoms with van der Waals surface area (Å²) < 4.78 is 5.26. The fourth-order valence-corrected chi connectivity index (χ4v) is 1.49. The maximum Gasteiger partial charge on any atom is 0.284 e. The highest BCUT2D eigenvalue weighted by atomic mass is 16.3.